The molecule has 0 fully saturated rings. The monoisotopic (exact) mass is 402 g/mol. The summed E-state index contributed by atoms with van der Waals surface area (Å²) in [6.07, 6.45) is 0. The van der Waals surface area contributed by atoms with E-state index < -0.39 is 0 Å². The summed E-state index contributed by atoms with van der Waals surface area (Å²) in [5, 5.41) is 3.03. The highest BCUT2D eigenvalue weighted by Crippen LogP contribution is 2.38. The number of nitrogens with zero attached hydrogens (tertiary/aromatic N) is 1. The molecular weight excluding hydrogens is 370 g/mol. The molecule has 1 atom stereocenters. The lowest BCUT2D eigenvalue weighted by atomic mass is 10.0. The number of ether oxygens (including phenoxy) is 3. The van der Waals surface area contributed by atoms with Crippen LogP contribution in [0.4, 0.5) is 5.69 Å². The molecule has 2 rings (SSSR count). The molecule has 29 heavy (non-hydrogen) atoms. The van der Waals surface area contributed by atoms with E-state index in [-0.39, 0.29) is 11.9 Å². The number of carbonyl (C=O) groups is 1. The van der Waals surface area contributed by atoms with E-state index in [9.17, 15) is 4.79 Å². The third kappa shape index (κ3) is 5.32. The van der Waals surface area contributed by atoms with Gasteiger partial charge >= 0.3 is 0 Å². The molecule has 0 aliphatic rings. The Morgan fingerprint density at radius 2 is 1.55 bits per heavy atom. The standard InChI is InChI=1S/C22H31N3O4/c1-24(2)17-10-8-15(9-11-17)18(25(3)4)14-23-22(26)16-12-19(27-5)21(29-7)20(13-16)28-6/h8-13,18H,14H2,1-7H3,(H,23,26)/p+1/t18-/m0/s1. The number of methoxy groups -OCH3 is 3. The minimum atomic E-state index is -0.194. The lowest BCUT2D eigenvalue weighted by Gasteiger charge is -2.23. The van der Waals surface area contributed by atoms with Gasteiger partial charge in [-0.2, -0.15) is 0 Å². The van der Waals surface area contributed by atoms with Crippen LogP contribution in [0.15, 0.2) is 36.4 Å². The van der Waals surface area contributed by atoms with Crippen LogP contribution in [0, 0.1) is 0 Å². The van der Waals surface area contributed by atoms with E-state index in [0.717, 1.165) is 5.69 Å². The molecule has 158 valence electrons. The molecule has 2 aromatic rings. The van der Waals surface area contributed by atoms with E-state index >= 15 is 0 Å². The van der Waals surface area contributed by atoms with E-state index in [1.165, 1.54) is 31.8 Å². The van der Waals surface area contributed by atoms with E-state index in [0.29, 0.717) is 29.4 Å². The van der Waals surface area contributed by atoms with Crippen molar-refractivity contribution in [3.8, 4) is 17.2 Å². The molecule has 0 aliphatic heterocycles. The van der Waals surface area contributed by atoms with Crippen LogP contribution in [0.25, 0.3) is 0 Å². The third-order valence-electron chi connectivity index (χ3n) is 4.90. The zero-order chi connectivity index (χ0) is 21.6. The van der Waals surface area contributed by atoms with Crippen LogP contribution in [0.3, 0.4) is 0 Å². The van der Waals surface area contributed by atoms with E-state index in [1.807, 2.05) is 14.1 Å². The van der Waals surface area contributed by atoms with Crippen molar-refractivity contribution in [1.82, 2.24) is 5.32 Å². The second-order valence-electron chi connectivity index (χ2n) is 7.24. The van der Waals surface area contributed by atoms with Crippen molar-refractivity contribution in [2.75, 3.05) is 61.0 Å². The third-order valence-corrected chi connectivity index (χ3v) is 4.90. The molecular formula is C22H32N3O4+. The largest absolute Gasteiger partial charge is 0.493 e. The second kappa shape index (κ2) is 10.0. The Hall–Kier alpha value is -2.93. The van der Waals surface area contributed by atoms with E-state index in [4.69, 9.17) is 14.2 Å². The fraction of sp³-hybridized carbons (Fsp3) is 0.409. The Morgan fingerprint density at radius 1 is 1.00 bits per heavy atom. The van der Waals surface area contributed by atoms with Crippen molar-refractivity contribution in [3.63, 3.8) is 0 Å². The van der Waals surface area contributed by atoms with Crippen LogP contribution >= 0.6 is 0 Å². The number of nitrogens with one attached hydrogen (secondary N) is 2. The molecule has 0 heterocycles. The topological polar surface area (TPSA) is 64.5 Å². The SMILES string of the molecule is COc1cc(C(=O)NC[C@@H](c2ccc(N(C)C)cc2)[NH+](C)C)cc(OC)c1OC. The molecule has 2 aromatic carbocycles. The molecule has 0 saturated carbocycles. The number of quaternary nitrogens is 1. The summed E-state index contributed by atoms with van der Waals surface area (Å²) in [6, 6.07) is 11.8. The zero-order valence-corrected chi connectivity index (χ0v) is 18.3. The van der Waals surface area contributed by atoms with Crippen molar-refractivity contribution in [1.29, 1.82) is 0 Å². The molecule has 2 N–H and O–H groups in total. The van der Waals surface area contributed by atoms with Gasteiger partial charge in [0, 0.05) is 30.9 Å². The zero-order valence-electron chi connectivity index (χ0n) is 18.3. The van der Waals surface area contributed by atoms with Gasteiger partial charge in [0.05, 0.1) is 42.0 Å². The lowest BCUT2D eigenvalue weighted by molar-refractivity contribution is -0.890. The summed E-state index contributed by atoms with van der Waals surface area (Å²) in [6.45, 7) is 0.499. The van der Waals surface area contributed by atoms with E-state index in [1.54, 1.807) is 12.1 Å². The molecule has 0 saturated heterocycles. The fourth-order valence-corrected chi connectivity index (χ4v) is 3.17. The van der Waals surface area contributed by atoms with Crippen molar-refractivity contribution in [2.24, 2.45) is 0 Å². The number of rotatable bonds is 9. The molecule has 0 aromatic heterocycles. The Morgan fingerprint density at radius 3 is 1.97 bits per heavy atom. The van der Waals surface area contributed by atoms with Crippen LogP contribution in [-0.2, 0) is 0 Å². The molecule has 0 unspecified atom stereocenters. The predicted molar refractivity (Wildman–Crippen MR) is 115 cm³/mol. The summed E-state index contributed by atoms with van der Waals surface area (Å²) >= 11 is 0. The summed E-state index contributed by atoms with van der Waals surface area (Å²) in [5.74, 6) is 1.17. The van der Waals surface area contributed by atoms with Gasteiger partial charge in [-0.15, -0.1) is 0 Å². The first-order valence-corrected chi connectivity index (χ1v) is 9.47. The van der Waals surface area contributed by atoms with Gasteiger partial charge in [0.25, 0.3) is 5.91 Å². The molecule has 0 spiro atoms. The normalized spacial score (nSPS) is 11.7. The number of amides is 1. The van der Waals surface area contributed by atoms with Crippen molar-refractivity contribution < 1.29 is 23.9 Å². The molecule has 7 nitrogen and oxygen atoms in total. The average molecular weight is 403 g/mol. The van der Waals surface area contributed by atoms with Crippen molar-refractivity contribution >= 4 is 11.6 Å². The first kappa shape index (κ1) is 22.4. The van der Waals surface area contributed by atoms with Crippen LogP contribution < -0.4 is 29.3 Å². The van der Waals surface area contributed by atoms with Gasteiger partial charge in [0.2, 0.25) is 5.75 Å². The Kier molecular flexibility index (Phi) is 7.73. The smallest absolute Gasteiger partial charge is 0.251 e. The van der Waals surface area contributed by atoms with Crippen LogP contribution in [-0.4, -0.2) is 62.0 Å². The number of hydrogen-bond donors (Lipinski definition) is 2. The highest BCUT2D eigenvalue weighted by molar-refractivity contribution is 5.95. The van der Waals surface area contributed by atoms with Gasteiger partial charge in [-0.3, -0.25) is 4.79 Å². The molecule has 0 radical (unpaired) electrons. The minimum Gasteiger partial charge on any atom is -0.493 e. The maximum Gasteiger partial charge on any atom is 0.251 e. The fourth-order valence-electron chi connectivity index (χ4n) is 3.17. The Bertz CT molecular complexity index is 794. The molecule has 1 amide bonds. The van der Waals surface area contributed by atoms with Gasteiger partial charge in [0.15, 0.2) is 11.5 Å². The van der Waals surface area contributed by atoms with Crippen LogP contribution in [0.1, 0.15) is 22.0 Å². The van der Waals surface area contributed by atoms with Crippen LogP contribution in [0.5, 0.6) is 17.2 Å². The molecule has 0 bridgehead atoms. The van der Waals surface area contributed by atoms with Gasteiger partial charge in [0.1, 0.15) is 6.04 Å². The van der Waals surface area contributed by atoms with E-state index in [2.05, 4.69) is 48.6 Å². The van der Waals surface area contributed by atoms with Crippen molar-refractivity contribution in [2.45, 2.75) is 6.04 Å². The highest BCUT2D eigenvalue weighted by atomic mass is 16.5. The van der Waals surface area contributed by atoms with Gasteiger partial charge in [-0.25, -0.2) is 0 Å². The number of likely N-dealkylation sites (N-methyl/N-ethyl adjacent to an activating group) is 1. The van der Waals surface area contributed by atoms with Crippen LogP contribution in [0.2, 0.25) is 0 Å². The number of hydrogen-bond acceptors (Lipinski definition) is 5. The summed E-state index contributed by atoms with van der Waals surface area (Å²) in [4.78, 5) is 16.1. The summed E-state index contributed by atoms with van der Waals surface area (Å²) < 4.78 is 16.0. The number of carbonyl (C=O) groups excluding carboxylic acids is 1. The first-order valence-electron chi connectivity index (χ1n) is 9.47. The van der Waals surface area contributed by atoms with Gasteiger partial charge in [-0.05, 0) is 24.3 Å². The number of benzene rings is 2. The van der Waals surface area contributed by atoms with Gasteiger partial charge in [-0.1, -0.05) is 12.1 Å². The predicted octanol–water partition coefficient (Wildman–Crippen LogP) is 1.39. The maximum atomic E-state index is 12.8. The Balaban J connectivity index is 2.18. The highest BCUT2D eigenvalue weighted by Gasteiger charge is 2.21. The first-order chi connectivity index (χ1) is 13.8. The average Bonchev–Trinajstić information content (AvgIpc) is 2.72. The second-order valence-corrected chi connectivity index (χ2v) is 7.24. The molecule has 7 heteroatoms. The Labute approximate surface area is 173 Å². The van der Waals surface area contributed by atoms with Crippen molar-refractivity contribution in [3.05, 3.63) is 47.5 Å². The summed E-state index contributed by atoms with van der Waals surface area (Å²) in [5.41, 5.74) is 2.76. The van der Waals surface area contributed by atoms with Gasteiger partial charge < -0.3 is 29.3 Å². The molecule has 0 aliphatic carbocycles. The minimum absolute atomic E-state index is 0.122. The maximum absolute atomic E-state index is 12.8. The number of anilines is 1. The lowest BCUT2D eigenvalue weighted by Crippen LogP contribution is -3.07. The summed E-state index contributed by atoms with van der Waals surface area (Å²) in [7, 11) is 12.8. The quantitative estimate of drug-likeness (QED) is 0.664.